The van der Waals surface area contributed by atoms with Gasteiger partial charge in [0, 0.05) is 0 Å². The van der Waals surface area contributed by atoms with Crippen LogP contribution in [0.2, 0.25) is 0 Å². The van der Waals surface area contributed by atoms with Gasteiger partial charge in [0.2, 0.25) is 0 Å². The number of hydrogen-bond donors (Lipinski definition) is 0. The number of carbonyl (C=O) groups excluding carboxylic acids is 1. The molecule has 0 unspecified atom stereocenters. The van der Waals surface area contributed by atoms with E-state index in [1.54, 1.807) is 13.2 Å². The third-order valence-electron chi connectivity index (χ3n) is 1.76. The van der Waals surface area contributed by atoms with Crippen molar-refractivity contribution in [3.63, 3.8) is 0 Å². The number of aldehydes is 1. The summed E-state index contributed by atoms with van der Waals surface area (Å²) in [4.78, 5) is 10.9. The lowest BCUT2D eigenvalue weighted by Gasteiger charge is -2.14. The van der Waals surface area contributed by atoms with Crippen LogP contribution in [0.3, 0.4) is 0 Å². The fraction of sp³-hybridized carbons (Fsp3) is 0.364. The second-order valence-corrected chi connectivity index (χ2v) is 4.47. The van der Waals surface area contributed by atoms with Gasteiger partial charge in [-0.25, -0.2) is 0 Å². The average molecular weight is 320 g/mol. The van der Waals surface area contributed by atoms with Crippen LogP contribution in [-0.2, 0) is 0 Å². The van der Waals surface area contributed by atoms with Crippen LogP contribution in [0.1, 0.15) is 24.2 Å². The molecule has 0 atom stereocenters. The zero-order chi connectivity index (χ0) is 11.4. The van der Waals surface area contributed by atoms with Gasteiger partial charge in [0.1, 0.15) is 11.5 Å². The molecular weight excluding hydrogens is 307 g/mol. The first-order chi connectivity index (χ1) is 7.08. The van der Waals surface area contributed by atoms with E-state index in [2.05, 4.69) is 22.6 Å². The van der Waals surface area contributed by atoms with Crippen LogP contribution < -0.4 is 9.47 Å². The minimum atomic E-state index is 0.0469. The van der Waals surface area contributed by atoms with Gasteiger partial charge >= 0.3 is 0 Å². The number of halogens is 1. The minimum Gasteiger partial charge on any atom is -0.497 e. The number of benzene rings is 1. The van der Waals surface area contributed by atoms with E-state index in [-0.39, 0.29) is 6.10 Å². The molecule has 0 saturated carbocycles. The predicted molar refractivity (Wildman–Crippen MR) is 66.9 cm³/mol. The van der Waals surface area contributed by atoms with Gasteiger partial charge in [-0.05, 0) is 48.6 Å². The summed E-state index contributed by atoms with van der Waals surface area (Å²) in [6, 6.07) is 3.51. The van der Waals surface area contributed by atoms with Gasteiger partial charge in [0.05, 0.1) is 22.3 Å². The summed E-state index contributed by atoms with van der Waals surface area (Å²) in [5.74, 6) is 1.29. The number of methoxy groups -OCH3 is 1. The molecule has 0 saturated heterocycles. The van der Waals surface area contributed by atoms with Gasteiger partial charge in [0.25, 0.3) is 0 Å². The third-order valence-corrected chi connectivity index (χ3v) is 2.56. The Labute approximate surface area is 103 Å². The van der Waals surface area contributed by atoms with Crippen molar-refractivity contribution in [2.24, 2.45) is 0 Å². The summed E-state index contributed by atoms with van der Waals surface area (Å²) in [5, 5.41) is 0. The maximum Gasteiger partial charge on any atom is 0.153 e. The zero-order valence-corrected chi connectivity index (χ0v) is 11.1. The summed E-state index contributed by atoms with van der Waals surface area (Å²) < 4.78 is 11.5. The maximum absolute atomic E-state index is 10.9. The Morgan fingerprint density at radius 1 is 1.40 bits per heavy atom. The quantitative estimate of drug-likeness (QED) is 0.632. The van der Waals surface area contributed by atoms with Crippen molar-refractivity contribution in [1.29, 1.82) is 0 Å². The van der Waals surface area contributed by atoms with Crippen LogP contribution in [0.15, 0.2) is 12.1 Å². The van der Waals surface area contributed by atoms with Crippen molar-refractivity contribution in [3.05, 3.63) is 21.3 Å². The average Bonchev–Trinajstić information content (AvgIpc) is 2.20. The molecule has 0 aliphatic carbocycles. The van der Waals surface area contributed by atoms with Crippen LogP contribution >= 0.6 is 22.6 Å². The Balaban J connectivity index is 3.18. The molecule has 0 aromatic heterocycles. The van der Waals surface area contributed by atoms with Gasteiger partial charge in [-0.3, -0.25) is 4.79 Å². The number of ether oxygens (including phenoxy) is 2. The van der Waals surface area contributed by atoms with E-state index in [9.17, 15) is 4.79 Å². The molecule has 1 aromatic rings. The highest BCUT2D eigenvalue weighted by Gasteiger charge is 2.11. The second-order valence-electron chi connectivity index (χ2n) is 3.31. The van der Waals surface area contributed by atoms with E-state index in [0.29, 0.717) is 17.1 Å². The normalized spacial score (nSPS) is 10.2. The van der Waals surface area contributed by atoms with Gasteiger partial charge in [-0.1, -0.05) is 0 Å². The number of hydrogen-bond acceptors (Lipinski definition) is 3. The standard InChI is InChI=1S/C11H13IO3/c1-7(2)15-11-8(6-13)4-9(14-3)5-10(11)12/h4-7H,1-3H3. The van der Waals surface area contributed by atoms with Crippen molar-refractivity contribution < 1.29 is 14.3 Å². The van der Waals surface area contributed by atoms with E-state index >= 15 is 0 Å². The van der Waals surface area contributed by atoms with E-state index in [4.69, 9.17) is 9.47 Å². The smallest absolute Gasteiger partial charge is 0.153 e. The number of rotatable bonds is 4. The van der Waals surface area contributed by atoms with Crippen molar-refractivity contribution in [3.8, 4) is 11.5 Å². The van der Waals surface area contributed by atoms with Crippen molar-refractivity contribution in [2.45, 2.75) is 20.0 Å². The monoisotopic (exact) mass is 320 g/mol. The largest absolute Gasteiger partial charge is 0.497 e. The van der Waals surface area contributed by atoms with Crippen LogP contribution in [-0.4, -0.2) is 19.5 Å². The van der Waals surface area contributed by atoms with E-state index in [1.165, 1.54) is 0 Å². The van der Waals surface area contributed by atoms with Gasteiger partial charge < -0.3 is 9.47 Å². The summed E-state index contributed by atoms with van der Waals surface area (Å²) in [6.45, 7) is 3.85. The fourth-order valence-corrected chi connectivity index (χ4v) is 1.90. The van der Waals surface area contributed by atoms with Crippen LogP contribution in [0.4, 0.5) is 0 Å². The van der Waals surface area contributed by atoms with Gasteiger partial charge in [-0.15, -0.1) is 0 Å². The molecule has 1 rings (SSSR count). The minimum absolute atomic E-state index is 0.0469. The highest BCUT2D eigenvalue weighted by molar-refractivity contribution is 14.1. The maximum atomic E-state index is 10.9. The molecule has 0 bridgehead atoms. The van der Waals surface area contributed by atoms with Crippen LogP contribution in [0, 0.1) is 3.57 Å². The molecule has 0 heterocycles. The first-order valence-corrected chi connectivity index (χ1v) is 5.65. The zero-order valence-electron chi connectivity index (χ0n) is 8.91. The highest BCUT2D eigenvalue weighted by Crippen LogP contribution is 2.30. The first-order valence-electron chi connectivity index (χ1n) is 4.57. The molecule has 15 heavy (non-hydrogen) atoms. The fourth-order valence-electron chi connectivity index (χ4n) is 1.15. The molecule has 0 spiro atoms. The molecule has 0 amide bonds. The van der Waals surface area contributed by atoms with Crippen LogP contribution in [0.5, 0.6) is 11.5 Å². The van der Waals surface area contributed by atoms with Gasteiger partial charge in [-0.2, -0.15) is 0 Å². The van der Waals surface area contributed by atoms with Crippen molar-refractivity contribution in [1.82, 2.24) is 0 Å². The third kappa shape index (κ3) is 3.09. The van der Waals surface area contributed by atoms with E-state index in [1.807, 2.05) is 19.9 Å². The molecule has 0 aliphatic rings. The molecule has 1 aromatic carbocycles. The SMILES string of the molecule is COc1cc(I)c(OC(C)C)c(C=O)c1. The second kappa shape index (κ2) is 5.34. The van der Waals surface area contributed by atoms with Gasteiger partial charge in [0.15, 0.2) is 6.29 Å². The van der Waals surface area contributed by atoms with E-state index in [0.717, 1.165) is 9.86 Å². The lowest BCUT2D eigenvalue weighted by molar-refractivity contribution is 0.111. The first kappa shape index (κ1) is 12.3. The molecule has 0 fully saturated rings. The summed E-state index contributed by atoms with van der Waals surface area (Å²) in [6.07, 6.45) is 0.827. The molecule has 4 heteroatoms. The lowest BCUT2D eigenvalue weighted by atomic mass is 10.2. The van der Waals surface area contributed by atoms with Crippen LogP contribution in [0.25, 0.3) is 0 Å². The number of carbonyl (C=O) groups is 1. The Bertz CT molecular complexity index is 361. The highest BCUT2D eigenvalue weighted by atomic mass is 127. The molecule has 0 N–H and O–H groups in total. The molecule has 0 radical (unpaired) electrons. The summed E-state index contributed by atoms with van der Waals surface area (Å²) in [5.41, 5.74) is 0.521. The molecule has 82 valence electrons. The molecular formula is C11H13IO3. The Kier molecular flexibility index (Phi) is 4.38. The lowest BCUT2D eigenvalue weighted by Crippen LogP contribution is -2.09. The molecule has 0 aliphatic heterocycles. The van der Waals surface area contributed by atoms with E-state index < -0.39 is 0 Å². The Morgan fingerprint density at radius 2 is 2.07 bits per heavy atom. The predicted octanol–water partition coefficient (Wildman–Crippen LogP) is 2.90. The van der Waals surface area contributed by atoms with Crippen molar-refractivity contribution >= 4 is 28.9 Å². The van der Waals surface area contributed by atoms with Crippen molar-refractivity contribution in [2.75, 3.05) is 7.11 Å². The summed E-state index contributed by atoms with van der Waals surface area (Å²) in [7, 11) is 1.57. The molecule has 3 nitrogen and oxygen atoms in total. The Morgan fingerprint density at radius 3 is 2.53 bits per heavy atom. The topological polar surface area (TPSA) is 35.5 Å². The summed E-state index contributed by atoms with van der Waals surface area (Å²) >= 11 is 2.13. The Hall–Kier alpha value is -0.780.